The maximum absolute atomic E-state index is 13.8. The molecule has 0 radical (unpaired) electrons. The summed E-state index contributed by atoms with van der Waals surface area (Å²) in [5.41, 5.74) is 4.40. The lowest BCUT2D eigenvalue weighted by Crippen LogP contribution is -2.50. The van der Waals surface area contributed by atoms with Crippen LogP contribution in [0.2, 0.25) is 0 Å². The number of piperazine rings is 1. The Labute approximate surface area is 198 Å². The number of nitrogens with one attached hydrogen (secondary N) is 1. The second-order valence-corrected chi connectivity index (χ2v) is 8.59. The van der Waals surface area contributed by atoms with E-state index in [2.05, 4.69) is 34.1 Å². The maximum atomic E-state index is 13.8. The van der Waals surface area contributed by atoms with E-state index in [1.54, 1.807) is 12.1 Å². The average Bonchev–Trinajstić information content (AvgIpc) is 3.38. The number of methoxy groups -OCH3 is 1. The van der Waals surface area contributed by atoms with Crippen molar-refractivity contribution in [2.24, 2.45) is 0 Å². The smallest absolute Gasteiger partial charge is 0.337 e. The van der Waals surface area contributed by atoms with E-state index in [0.29, 0.717) is 24.2 Å². The van der Waals surface area contributed by atoms with Gasteiger partial charge >= 0.3 is 5.97 Å². The van der Waals surface area contributed by atoms with E-state index in [9.17, 15) is 9.59 Å². The number of hydrogen-bond donors (Lipinski definition) is 1. The van der Waals surface area contributed by atoms with E-state index >= 15 is 0 Å². The maximum Gasteiger partial charge on any atom is 0.337 e. The normalized spacial score (nSPS) is 16.5. The van der Waals surface area contributed by atoms with Crippen LogP contribution in [0.1, 0.15) is 37.9 Å². The number of hydrogen-bond acceptors (Lipinski definition) is 4. The first-order valence-electron chi connectivity index (χ1n) is 11.5. The number of aromatic amines is 1. The Hall–Kier alpha value is -3.90. The van der Waals surface area contributed by atoms with Gasteiger partial charge in [0, 0.05) is 48.8 Å². The number of fused-ring (bicyclic) bond motifs is 1. The quantitative estimate of drug-likeness (QED) is 0.447. The Morgan fingerprint density at radius 3 is 2.50 bits per heavy atom. The van der Waals surface area contributed by atoms with Crippen LogP contribution in [0.4, 0.5) is 0 Å². The molecule has 1 saturated heterocycles. The van der Waals surface area contributed by atoms with Gasteiger partial charge < -0.3 is 14.6 Å². The number of ether oxygens (including phenoxy) is 1. The lowest BCUT2D eigenvalue weighted by Gasteiger charge is -2.42. The van der Waals surface area contributed by atoms with E-state index in [4.69, 9.17) is 4.74 Å². The fourth-order valence-corrected chi connectivity index (χ4v) is 4.74. The van der Waals surface area contributed by atoms with Crippen LogP contribution in [0.15, 0.2) is 85.1 Å². The third-order valence-corrected chi connectivity index (χ3v) is 6.52. The number of benzene rings is 3. The summed E-state index contributed by atoms with van der Waals surface area (Å²) < 4.78 is 4.84. The van der Waals surface area contributed by atoms with Gasteiger partial charge in [-0.2, -0.15) is 0 Å². The number of esters is 1. The number of carbonyl (C=O) groups is 2. The van der Waals surface area contributed by atoms with Gasteiger partial charge in [0.25, 0.3) is 5.91 Å². The summed E-state index contributed by atoms with van der Waals surface area (Å²) >= 11 is 0. The van der Waals surface area contributed by atoms with E-state index in [-0.39, 0.29) is 17.9 Å². The van der Waals surface area contributed by atoms with Crippen molar-refractivity contribution in [2.45, 2.75) is 12.6 Å². The van der Waals surface area contributed by atoms with Crippen molar-refractivity contribution in [3.05, 3.63) is 107 Å². The van der Waals surface area contributed by atoms with Gasteiger partial charge in [0.15, 0.2) is 0 Å². The minimum Gasteiger partial charge on any atom is -0.465 e. The van der Waals surface area contributed by atoms with Crippen LogP contribution in [-0.4, -0.2) is 53.4 Å². The van der Waals surface area contributed by atoms with Crippen molar-refractivity contribution in [2.75, 3.05) is 26.7 Å². The average molecular weight is 454 g/mol. The number of carbonyl (C=O) groups excluding carboxylic acids is 2. The van der Waals surface area contributed by atoms with Crippen LogP contribution in [0.5, 0.6) is 0 Å². The molecule has 1 aliphatic heterocycles. The second-order valence-electron chi connectivity index (χ2n) is 8.59. The minimum atomic E-state index is -0.368. The Morgan fingerprint density at radius 2 is 1.74 bits per heavy atom. The van der Waals surface area contributed by atoms with Crippen LogP contribution in [0, 0.1) is 0 Å². The molecule has 1 unspecified atom stereocenters. The van der Waals surface area contributed by atoms with Crippen molar-refractivity contribution in [3.8, 4) is 0 Å². The lowest BCUT2D eigenvalue weighted by molar-refractivity contribution is 0.0435. The molecule has 1 amide bonds. The molecule has 1 atom stereocenters. The van der Waals surface area contributed by atoms with Gasteiger partial charge in [0.05, 0.1) is 18.7 Å². The molecule has 0 bridgehead atoms. The minimum absolute atomic E-state index is 0.0200. The molecule has 6 nitrogen and oxygen atoms in total. The summed E-state index contributed by atoms with van der Waals surface area (Å²) in [7, 11) is 1.38. The van der Waals surface area contributed by atoms with E-state index in [1.165, 1.54) is 12.7 Å². The Morgan fingerprint density at radius 1 is 0.941 bits per heavy atom. The number of rotatable bonds is 5. The van der Waals surface area contributed by atoms with Crippen LogP contribution in [-0.2, 0) is 11.3 Å². The fourth-order valence-electron chi connectivity index (χ4n) is 4.74. The molecule has 0 spiro atoms. The van der Waals surface area contributed by atoms with Crippen molar-refractivity contribution < 1.29 is 14.3 Å². The summed E-state index contributed by atoms with van der Waals surface area (Å²) in [4.78, 5) is 33.3. The molecule has 5 rings (SSSR count). The highest BCUT2D eigenvalue weighted by molar-refractivity contribution is 6.06. The van der Waals surface area contributed by atoms with Gasteiger partial charge in [-0.3, -0.25) is 9.69 Å². The number of nitrogens with zero attached hydrogens (tertiary/aromatic N) is 2. The molecule has 1 aromatic heterocycles. The monoisotopic (exact) mass is 453 g/mol. The zero-order valence-electron chi connectivity index (χ0n) is 19.1. The summed E-state index contributed by atoms with van der Waals surface area (Å²) in [6.07, 6.45) is 1.86. The zero-order valence-corrected chi connectivity index (χ0v) is 19.1. The van der Waals surface area contributed by atoms with Gasteiger partial charge in [-0.15, -0.1) is 0 Å². The molecule has 34 heavy (non-hydrogen) atoms. The lowest BCUT2D eigenvalue weighted by atomic mass is 9.98. The Bertz CT molecular complexity index is 1300. The molecule has 172 valence electrons. The Balaban J connectivity index is 1.46. The summed E-state index contributed by atoms with van der Waals surface area (Å²) in [6, 6.07) is 25.4. The van der Waals surface area contributed by atoms with Gasteiger partial charge in [0.2, 0.25) is 0 Å². The van der Waals surface area contributed by atoms with Crippen LogP contribution in [0.25, 0.3) is 10.9 Å². The molecule has 3 aromatic carbocycles. The summed E-state index contributed by atoms with van der Waals surface area (Å²) in [5.74, 6) is -0.348. The predicted octanol–water partition coefficient (Wildman–Crippen LogP) is 4.65. The van der Waals surface area contributed by atoms with Crippen molar-refractivity contribution in [3.63, 3.8) is 0 Å². The number of H-pyrrole nitrogens is 1. The van der Waals surface area contributed by atoms with Crippen LogP contribution >= 0.6 is 0 Å². The molecular formula is C28H27N3O3. The largest absolute Gasteiger partial charge is 0.465 e. The van der Waals surface area contributed by atoms with Crippen molar-refractivity contribution in [1.29, 1.82) is 0 Å². The summed E-state index contributed by atoms with van der Waals surface area (Å²) in [5, 5.41) is 0.930. The predicted molar refractivity (Wildman–Crippen MR) is 132 cm³/mol. The molecule has 1 aliphatic rings. The molecule has 0 aliphatic carbocycles. The fraction of sp³-hybridized carbons (Fsp3) is 0.214. The highest BCUT2D eigenvalue weighted by Crippen LogP contribution is 2.30. The zero-order chi connectivity index (χ0) is 23.5. The molecule has 6 heteroatoms. The molecule has 0 saturated carbocycles. The highest BCUT2D eigenvalue weighted by atomic mass is 16.5. The third kappa shape index (κ3) is 4.32. The van der Waals surface area contributed by atoms with E-state index < -0.39 is 0 Å². The van der Waals surface area contributed by atoms with E-state index in [0.717, 1.165) is 29.6 Å². The first-order chi connectivity index (χ1) is 16.6. The first kappa shape index (κ1) is 21.9. The molecule has 2 heterocycles. The van der Waals surface area contributed by atoms with Gasteiger partial charge in [-0.1, -0.05) is 48.5 Å². The molecule has 1 N–H and O–H groups in total. The number of aromatic nitrogens is 1. The molecular weight excluding hydrogens is 426 g/mol. The first-order valence-corrected chi connectivity index (χ1v) is 11.5. The van der Waals surface area contributed by atoms with Gasteiger partial charge in [-0.25, -0.2) is 4.79 Å². The van der Waals surface area contributed by atoms with Crippen LogP contribution < -0.4 is 0 Å². The second kappa shape index (κ2) is 9.53. The molecule has 4 aromatic rings. The molecule has 1 fully saturated rings. The van der Waals surface area contributed by atoms with Gasteiger partial charge in [0.1, 0.15) is 0 Å². The number of amides is 1. The summed E-state index contributed by atoms with van der Waals surface area (Å²) in [6.45, 7) is 2.95. The highest BCUT2D eigenvalue weighted by Gasteiger charge is 2.33. The standard InChI is InChI=1S/C28H27N3O3/c1-34-28(33)22-12-10-21(11-13-22)26-19-30(18-20-6-3-2-4-7-20)16-17-31(26)27(32)24-8-5-9-25-23(24)14-15-29-25/h2-15,26,29H,16-19H2,1H3. The van der Waals surface area contributed by atoms with Crippen LogP contribution in [0.3, 0.4) is 0 Å². The SMILES string of the molecule is COC(=O)c1ccc(C2CN(Cc3ccccc3)CCN2C(=O)c2cccc3[nH]ccc23)cc1. The van der Waals surface area contributed by atoms with E-state index in [1.807, 2.05) is 53.6 Å². The van der Waals surface area contributed by atoms with Gasteiger partial charge in [-0.05, 0) is 41.5 Å². The Kier molecular flexibility index (Phi) is 6.14. The van der Waals surface area contributed by atoms with Crippen molar-refractivity contribution >= 4 is 22.8 Å². The third-order valence-electron chi connectivity index (χ3n) is 6.52. The van der Waals surface area contributed by atoms with Crippen molar-refractivity contribution in [1.82, 2.24) is 14.8 Å². The topological polar surface area (TPSA) is 65.6 Å².